The molecule has 1 aliphatic heterocycles. The number of amides is 1. The van der Waals surface area contributed by atoms with E-state index < -0.39 is 18.1 Å². The highest BCUT2D eigenvalue weighted by Gasteiger charge is 2.31. The van der Waals surface area contributed by atoms with Gasteiger partial charge in [0, 0.05) is 6.04 Å². The van der Waals surface area contributed by atoms with Crippen LogP contribution in [0.25, 0.3) is 0 Å². The number of hydrogen-bond acceptors (Lipinski definition) is 6. The fraction of sp³-hybridized carbons (Fsp3) is 0.391. The monoisotopic (exact) mass is 464 g/mol. The first-order valence-corrected chi connectivity index (χ1v) is 10.4. The summed E-state index contributed by atoms with van der Waals surface area (Å²) < 4.78 is 46.1. The molecular formula is C23H27F3N4O3. The maximum atomic E-state index is 12.3. The normalized spacial score (nSPS) is 17.1. The van der Waals surface area contributed by atoms with Crippen molar-refractivity contribution in [1.29, 1.82) is 0 Å². The molecule has 10 heteroatoms. The molecule has 2 atom stereocenters. The number of rotatable bonds is 6. The Bertz CT molecular complexity index is 970. The third-order valence-electron chi connectivity index (χ3n) is 4.54. The summed E-state index contributed by atoms with van der Waals surface area (Å²) in [5.74, 6) is -0.287. The number of hydrogen-bond donors (Lipinski definition) is 2. The molecule has 0 spiro atoms. The third-order valence-corrected chi connectivity index (χ3v) is 4.54. The number of halogens is 3. The fourth-order valence-corrected chi connectivity index (χ4v) is 3.19. The second kappa shape index (κ2) is 9.70. The number of aliphatic imine (C=N–C) groups is 1. The zero-order chi connectivity index (χ0) is 24.2. The van der Waals surface area contributed by atoms with Crippen LogP contribution in [0.3, 0.4) is 0 Å². The minimum atomic E-state index is -4.73. The topological polar surface area (TPSA) is 75.2 Å². The highest BCUT2D eigenvalue weighted by atomic mass is 19.4. The summed E-state index contributed by atoms with van der Waals surface area (Å²) in [5.41, 5.74) is 5.21. The Morgan fingerprint density at radius 3 is 2.33 bits per heavy atom. The molecule has 0 fully saturated rings. The van der Waals surface area contributed by atoms with Gasteiger partial charge in [-0.05, 0) is 69.5 Å². The summed E-state index contributed by atoms with van der Waals surface area (Å²) >= 11 is 0. The van der Waals surface area contributed by atoms with E-state index in [2.05, 4.69) is 20.5 Å². The lowest BCUT2D eigenvalue weighted by atomic mass is 10.0. The molecular weight excluding hydrogens is 437 g/mol. The van der Waals surface area contributed by atoms with Crippen molar-refractivity contribution in [1.82, 2.24) is 10.7 Å². The van der Waals surface area contributed by atoms with Gasteiger partial charge in [0.15, 0.2) is 0 Å². The van der Waals surface area contributed by atoms with Crippen molar-refractivity contribution in [2.45, 2.75) is 58.3 Å². The maximum absolute atomic E-state index is 12.3. The zero-order valence-corrected chi connectivity index (χ0v) is 18.8. The van der Waals surface area contributed by atoms with Gasteiger partial charge in [-0.3, -0.25) is 5.01 Å². The SMILES string of the molecule is CC(Cc1ccc(C2N=CN(c3ccc(OC(F)(F)F)cc3)N2)cc1)NC(=O)OC(C)(C)C. The predicted molar refractivity (Wildman–Crippen MR) is 119 cm³/mol. The van der Waals surface area contributed by atoms with E-state index in [1.165, 1.54) is 24.3 Å². The lowest BCUT2D eigenvalue weighted by Crippen LogP contribution is -2.38. The van der Waals surface area contributed by atoms with Crippen molar-refractivity contribution in [3.8, 4) is 5.75 Å². The van der Waals surface area contributed by atoms with Gasteiger partial charge in [0.2, 0.25) is 0 Å². The van der Waals surface area contributed by atoms with E-state index in [0.717, 1.165) is 11.1 Å². The van der Waals surface area contributed by atoms with Gasteiger partial charge in [-0.25, -0.2) is 9.79 Å². The second-order valence-electron chi connectivity index (χ2n) is 8.70. The summed E-state index contributed by atoms with van der Waals surface area (Å²) in [6.07, 6.45) is -3.29. The van der Waals surface area contributed by atoms with Crippen molar-refractivity contribution in [2.24, 2.45) is 4.99 Å². The summed E-state index contributed by atoms with van der Waals surface area (Å²) in [5, 5.41) is 4.45. The van der Waals surface area contributed by atoms with Gasteiger partial charge in [0.05, 0.1) is 5.69 Å². The largest absolute Gasteiger partial charge is 0.573 e. The number of benzene rings is 2. The van der Waals surface area contributed by atoms with E-state index in [4.69, 9.17) is 4.74 Å². The molecule has 0 radical (unpaired) electrons. The molecule has 33 heavy (non-hydrogen) atoms. The average Bonchev–Trinajstić information content (AvgIpc) is 3.16. The van der Waals surface area contributed by atoms with Crippen LogP contribution < -0.4 is 20.5 Å². The summed E-state index contributed by atoms with van der Waals surface area (Å²) in [7, 11) is 0. The quantitative estimate of drug-likeness (QED) is 0.623. The Morgan fingerprint density at radius 2 is 1.76 bits per heavy atom. The minimum Gasteiger partial charge on any atom is -0.444 e. The van der Waals surface area contributed by atoms with Crippen LogP contribution in [0.2, 0.25) is 0 Å². The molecule has 1 aliphatic rings. The van der Waals surface area contributed by atoms with Crippen LogP contribution in [0.4, 0.5) is 23.7 Å². The zero-order valence-electron chi connectivity index (χ0n) is 18.8. The van der Waals surface area contributed by atoms with Crippen LogP contribution in [-0.2, 0) is 11.2 Å². The van der Waals surface area contributed by atoms with Crippen molar-refractivity contribution >= 4 is 18.1 Å². The van der Waals surface area contributed by atoms with Gasteiger partial charge in [-0.1, -0.05) is 24.3 Å². The predicted octanol–water partition coefficient (Wildman–Crippen LogP) is 5.09. The van der Waals surface area contributed by atoms with Gasteiger partial charge in [-0.15, -0.1) is 13.2 Å². The van der Waals surface area contributed by atoms with Crippen molar-refractivity contribution in [3.05, 3.63) is 59.7 Å². The number of carbonyl (C=O) groups excluding carboxylic acids is 1. The number of nitrogens with one attached hydrogen (secondary N) is 2. The standard InChI is InChI=1S/C23H27F3N4O3/c1-15(28-21(31)33-22(2,3)4)13-16-5-7-17(8-6-16)20-27-14-30(29-20)18-9-11-19(12-10-18)32-23(24,25)26/h5-12,14-15,20,29H,13H2,1-4H3,(H,28,31). The van der Waals surface area contributed by atoms with Crippen LogP contribution in [0, 0.1) is 0 Å². The first-order valence-electron chi connectivity index (χ1n) is 10.4. The Balaban J connectivity index is 1.52. The van der Waals surface area contributed by atoms with E-state index >= 15 is 0 Å². The lowest BCUT2D eigenvalue weighted by Gasteiger charge is -2.22. The van der Waals surface area contributed by atoms with Crippen LogP contribution in [-0.4, -0.2) is 30.4 Å². The molecule has 1 amide bonds. The van der Waals surface area contributed by atoms with Crippen LogP contribution in [0.5, 0.6) is 5.75 Å². The van der Waals surface area contributed by atoms with E-state index in [-0.39, 0.29) is 18.0 Å². The van der Waals surface area contributed by atoms with Gasteiger partial charge < -0.3 is 14.8 Å². The molecule has 2 aromatic rings. The number of nitrogens with zero attached hydrogens (tertiary/aromatic N) is 2. The Hall–Kier alpha value is -3.27. The molecule has 0 saturated carbocycles. The number of hydrazine groups is 1. The molecule has 0 aromatic heterocycles. The summed E-state index contributed by atoms with van der Waals surface area (Å²) in [4.78, 5) is 16.3. The van der Waals surface area contributed by atoms with Crippen LogP contribution in [0.1, 0.15) is 45.0 Å². The molecule has 3 rings (SSSR count). The molecule has 2 aromatic carbocycles. The first kappa shape index (κ1) is 24.4. The van der Waals surface area contributed by atoms with Crippen molar-refractivity contribution in [2.75, 3.05) is 5.01 Å². The molecule has 178 valence electrons. The highest BCUT2D eigenvalue weighted by molar-refractivity contribution is 5.80. The van der Waals surface area contributed by atoms with E-state index in [9.17, 15) is 18.0 Å². The molecule has 7 nitrogen and oxygen atoms in total. The van der Waals surface area contributed by atoms with E-state index in [1.807, 2.05) is 52.0 Å². The average molecular weight is 464 g/mol. The second-order valence-corrected chi connectivity index (χ2v) is 8.70. The molecule has 1 heterocycles. The number of alkyl halides is 3. The summed E-state index contributed by atoms with van der Waals surface area (Å²) in [6.45, 7) is 7.35. The van der Waals surface area contributed by atoms with E-state index in [1.54, 1.807) is 11.3 Å². The molecule has 2 unspecified atom stereocenters. The highest BCUT2D eigenvalue weighted by Crippen LogP contribution is 2.27. The third kappa shape index (κ3) is 7.67. The molecule has 0 saturated heterocycles. The number of alkyl carbamates (subject to hydrolysis) is 1. The molecule has 2 N–H and O–H groups in total. The molecule has 0 bridgehead atoms. The van der Waals surface area contributed by atoms with Gasteiger partial charge >= 0.3 is 12.5 Å². The minimum absolute atomic E-state index is 0.104. The molecule has 0 aliphatic carbocycles. The maximum Gasteiger partial charge on any atom is 0.573 e. The van der Waals surface area contributed by atoms with Gasteiger partial charge in [-0.2, -0.15) is 5.43 Å². The number of anilines is 1. The van der Waals surface area contributed by atoms with Crippen LogP contribution in [0.15, 0.2) is 53.5 Å². The lowest BCUT2D eigenvalue weighted by molar-refractivity contribution is -0.274. The fourth-order valence-electron chi connectivity index (χ4n) is 3.19. The Morgan fingerprint density at radius 1 is 1.12 bits per heavy atom. The van der Waals surface area contributed by atoms with Crippen molar-refractivity contribution in [3.63, 3.8) is 0 Å². The van der Waals surface area contributed by atoms with Gasteiger partial charge in [0.1, 0.15) is 23.9 Å². The summed E-state index contributed by atoms with van der Waals surface area (Å²) in [6, 6.07) is 13.2. The van der Waals surface area contributed by atoms with Gasteiger partial charge in [0.25, 0.3) is 0 Å². The van der Waals surface area contributed by atoms with Crippen LogP contribution >= 0.6 is 0 Å². The smallest absolute Gasteiger partial charge is 0.444 e. The Labute approximate surface area is 190 Å². The number of ether oxygens (including phenoxy) is 2. The Kier molecular flexibility index (Phi) is 7.16. The van der Waals surface area contributed by atoms with Crippen molar-refractivity contribution < 1.29 is 27.4 Å². The van der Waals surface area contributed by atoms with E-state index in [0.29, 0.717) is 12.1 Å². The number of carbonyl (C=O) groups is 1. The first-order chi connectivity index (χ1) is 15.4.